The molecule has 0 radical (unpaired) electrons. The lowest BCUT2D eigenvalue weighted by Gasteiger charge is -2.02. The predicted octanol–water partition coefficient (Wildman–Crippen LogP) is 1.88. The molecule has 0 aliphatic rings. The van der Waals surface area contributed by atoms with E-state index in [0.717, 1.165) is 0 Å². The van der Waals surface area contributed by atoms with Crippen molar-refractivity contribution in [2.45, 2.75) is 6.92 Å². The molecule has 96 valence electrons. The maximum atomic E-state index is 10.9. The van der Waals surface area contributed by atoms with Crippen molar-refractivity contribution >= 4 is 23.6 Å². The van der Waals surface area contributed by atoms with Crippen LogP contribution in [0.25, 0.3) is 0 Å². The van der Waals surface area contributed by atoms with Crippen LogP contribution in [0.1, 0.15) is 12.6 Å². The molecule has 0 spiro atoms. The van der Waals surface area contributed by atoms with Crippen molar-refractivity contribution in [3.05, 3.63) is 48.4 Å². The van der Waals surface area contributed by atoms with E-state index < -0.39 is 0 Å². The molecule has 0 saturated carbocycles. The summed E-state index contributed by atoms with van der Waals surface area (Å²) >= 11 is 0. The van der Waals surface area contributed by atoms with Gasteiger partial charge < -0.3 is 5.32 Å². The number of hydrogen-bond acceptors (Lipinski definition) is 5. The Morgan fingerprint density at radius 3 is 2.89 bits per heavy atom. The first-order valence-electron chi connectivity index (χ1n) is 5.68. The molecule has 2 aromatic heterocycles. The third kappa shape index (κ3) is 4.19. The minimum Gasteiger partial charge on any atom is -0.326 e. The van der Waals surface area contributed by atoms with Crippen LogP contribution in [-0.2, 0) is 4.79 Å². The molecule has 2 N–H and O–H groups in total. The lowest BCUT2D eigenvalue weighted by molar-refractivity contribution is -0.114. The summed E-state index contributed by atoms with van der Waals surface area (Å²) in [6.45, 7) is 1.46. The van der Waals surface area contributed by atoms with Gasteiger partial charge in [0.1, 0.15) is 5.82 Å². The average molecular weight is 255 g/mol. The van der Waals surface area contributed by atoms with Gasteiger partial charge in [-0.2, -0.15) is 5.10 Å². The van der Waals surface area contributed by atoms with Gasteiger partial charge >= 0.3 is 0 Å². The maximum Gasteiger partial charge on any atom is 0.221 e. The molecule has 0 aliphatic carbocycles. The van der Waals surface area contributed by atoms with Crippen molar-refractivity contribution in [3.63, 3.8) is 0 Å². The molecule has 2 heterocycles. The van der Waals surface area contributed by atoms with Crippen LogP contribution in [0, 0.1) is 0 Å². The van der Waals surface area contributed by atoms with E-state index in [2.05, 4.69) is 25.8 Å². The zero-order chi connectivity index (χ0) is 13.5. The molecule has 0 fully saturated rings. The first-order valence-corrected chi connectivity index (χ1v) is 5.68. The summed E-state index contributed by atoms with van der Waals surface area (Å²) in [5.74, 6) is 0.525. The molecule has 0 aliphatic heterocycles. The fourth-order valence-electron chi connectivity index (χ4n) is 1.39. The first-order chi connectivity index (χ1) is 9.24. The summed E-state index contributed by atoms with van der Waals surface area (Å²) in [6, 6.07) is 8.93. The summed E-state index contributed by atoms with van der Waals surface area (Å²) in [7, 11) is 0. The van der Waals surface area contributed by atoms with Gasteiger partial charge in [0.15, 0.2) is 0 Å². The Hall–Kier alpha value is -2.76. The van der Waals surface area contributed by atoms with E-state index >= 15 is 0 Å². The Labute approximate surface area is 110 Å². The van der Waals surface area contributed by atoms with Crippen LogP contribution in [0.5, 0.6) is 0 Å². The molecule has 6 heteroatoms. The van der Waals surface area contributed by atoms with E-state index in [0.29, 0.717) is 17.2 Å². The molecule has 0 aromatic carbocycles. The van der Waals surface area contributed by atoms with Gasteiger partial charge in [-0.15, -0.1) is 0 Å². The molecule has 2 rings (SSSR count). The number of amides is 1. The van der Waals surface area contributed by atoms with Crippen molar-refractivity contribution in [3.8, 4) is 0 Å². The van der Waals surface area contributed by atoms with Crippen molar-refractivity contribution in [2.24, 2.45) is 5.10 Å². The number of carbonyl (C=O) groups is 1. The topological polar surface area (TPSA) is 79.3 Å². The molecule has 0 bridgehead atoms. The minimum atomic E-state index is -0.124. The van der Waals surface area contributed by atoms with Gasteiger partial charge in [0.2, 0.25) is 5.91 Å². The van der Waals surface area contributed by atoms with Gasteiger partial charge in [0, 0.05) is 25.0 Å². The zero-order valence-electron chi connectivity index (χ0n) is 10.4. The summed E-state index contributed by atoms with van der Waals surface area (Å²) in [6.07, 6.45) is 4.83. The number of hydrogen-bond donors (Lipinski definition) is 2. The molecule has 0 saturated heterocycles. The number of pyridine rings is 2. The van der Waals surface area contributed by atoms with E-state index in [-0.39, 0.29) is 5.91 Å². The second-order valence-corrected chi connectivity index (χ2v) is 3.74. The van der Waals surface area contributed by atoms with Crippen molar-refractivity contribution in [1.29, 1.82) is 0 Å². The quantitative estimate of drug-likeness (QED) is 0.645. The average Bonchev–Trinajstić information content (AvgIpc) is 2.40. The van der Waals surface area contributed by atoms with E-state index in [1.54, 1.807) is 36.8 Å². The van der Waals surface area contributed by atoms with Crippen LogP contribution in [0.15, 0.2) is 47.8 Å². The highest BCUT2D eigenvalue weighted by Crippen LogP contribution is 2.06. The summed E-state index contributed by atoms with van der Waals surface area (Å²) in [5.41, 5.74) is 4.10. The van der Waals surface area contributed by atoms with E-state index in [1.165, 1.54) is 6.92 Å². The number of hydrazone groups is 1. The smallest absolute Gasteiger partial charge is 0.221 e. The molecule has 0 unspecified atom stereocenters. The van der Waals surface area contributed by atoms with Gasteiger partial charge in [-0.1, -0.05) is 6.07 Å². The standard InChI is InChI=1S/C13H13N5O/c1-10(19)17-11-5-7-14-12(8-11)9-16-18-13-4-2-3-6-15-13/h2-9H,1H3,(H,15,18)(H,14,17,19). The van der Waals surface area contributed by atoms with Gasteiger partial charge in [-0.3, -0.25) is 15.2 Å². The number of nitrogens with one attached hydrogen (secondary N) is 2. The number of anilines is 2. The molecule has 0 atom stereocenters. The van der Waals surface area contributed by atoms with Crippen LogP contribution in [-0.4, -0.2) is 22.1 Å². The van der Waals surface area contributed by atoms with Crippen LogP contribution in [0.4, 0.5) is 11.5 Å². The Kier molecular flexibility index (Phi) is 4.17. The lowest BCUT2D eigenvalue weighted by Crippen LogP contribution is -2.06. The SMILES string of the molecule is CC(=O)Nc1ccnc(C=NNc2ccccn2)c1. The summed E-state index contributed by atoms with van der Waals surface area (Å²) in [5, 5.41) is 6.70. The summed E-state index contributed by atoms with van der Waals surface area (Å²) < 4.78 is 0. The van der Waals surface area contributed by atoms with Crippen LogP contribution in [0.2, 0.25) is 0 Å². The number of aromatic nitrogens is 2. The second-order valence-electron chi connectivity index (χ2n) is 3.74. The number of carbonyl (C=O) groups excluding carboxylic acids is 1. The van der Waals surface area contributed by atoms with E-state index in [1.807, 2.05) is 12.1 Å². The highest BCUT2D eigenvalue weighted by Gasteiger charge is 1.96. The molecule has 19 heavy (non-hydrogen) atoms. The minimum absolute atomic E-state index is 0.124. The second kappa shape index (κ2) is 6.25. The van der Waals surface area contributed by atoms with Crippen LogP contribution >= 0.6 is 0 Å². The number of rotatable bonds is 4. The fourth-order valence-corrected chi connectivity index (χ4v) is 1.39. The largest absolute Gasteiger partial charge is 0.326 e. The monoisotopic (exact) mass is 255 g/mol. The number of nitrogens with zero attached hydrogens (tertiary/aromatic N) is 3. The Balaban J connectivity index is 2.00. The highest BCUT2D eigenvalue weighted by molar-refractivity contribution is 5.89. The van der Waals surface area contributed by atoms with E-state index in [9.17, 15) is 4.79 Å². The van der Waals surface area contributed by atoms with Crippen molar-refractivity contribution < 1.29 is 4.79 Å². The first kappa shape index (κ1) is 12.7. The Morgan fingerprint density at radius 2 is 2.16 bits per heavy atom. The van der Waals surface area contributed by atoms with Crippen molar-refractivity contribution in [2.75, 3.05) is 10.7 Å². The van der Waals surface area contributed by atoms with Crippen LogP contribution in [0.3, 0.4) is 0 Å². The maximum absolute atomic E-state index is 10.9. The van der Waals surface area contributed by atoms with Gasteiger partial charge in [-0.25, -0.2) is 4.98 Å². The normalized spacial score (nSPS) is 10.4. The Bertz CT molecular complexity index is 583. The zero-order valence-corrected chi connectivity index (χ0v) is 10.4. The fraction of sp³-hybridized carbons (Fsp3) is 0.0769. The van der Waals surface area contributed by atoms with Gasteiger partial charge in [-0.05, 0) is 24.3 Å². The third-order valence-electron chi connectivity index (χ3n) is 2.14. The summed E-state index contributed by atoms with van der Waals surface area (Å²) in [4.78, 5) is 19.1. The van der Waals surface area contributed by atoms with E-state index in [4.69, 9.17) is 0 Å². The molecule has 1 amide bonds. The molecule has 6 nitrogen and oxygen atoms in total. The third-order valence-corrected chi connectivity index (χ3v) is 2.14. The van der Waals surface area contributed by atoms with Crippen molar-refractivity contribution in [1.82, 2.24) is 9.97 Å². The molecule has 2 aromatic rings. The highest BCUT2D eigenvalue weighted by atomic mass is 16.1. The van der Waals surface area contributed by atoms with Gasteiger partial charge in [0.05, 0.1) is 11.9 Å². The molecular weight excluding hydrogens is 242 g/mol. The molecular formula is C13H13N5O. The predicted molar refractivity (Wildman–Crippen MR) is 74.0 cm³/mol. The van der Waals surface area contributed by atoms with Crippen LogP contribution < -0.4 is 10.7 Å². The Morgan fingerprint density at radius 1 is 1.26 bits per heavy atom. The lowest BCUT2D eigenvalue weighted by atomic mass is 10.3. The van der Waals surface area contributed by atoms with Gasteiger partial charge in [0.25, 0.3) is 0 Å².